The SMILES string of the molecule is O=C(NC(c1ccccn1)C1CN(Cc2ccc(F)c(F)c2)CCO1)c1cccc(F)c1. The average Bonchev–Trinajstić information content (AvgIpc) is 2.80. The lowest BCUT2D eigenvalue weighted by Gasteiger charge is -2.37. The average molecular weight is 441 g/mol. The van der Waals surface area contributed by atoms with Crippen molar-refractivity contribution < 1.29 is 22.7 Å². The van der Waals surface area contributed by atoms with Gasteiger partial charge in [0.05, 0.1) is 24.4 Å². The number of hydrogen-bond acceptors (Lipinski definition) is 4. The molecule has 2 aromatic carbocycles. The highest BCUT2D eigenvalue weighted by atomic mass is 19.2. The van der Waals surface area contributed by atoms with Gasteiger partial charge in [-0.05, 0) is 48.0 Å². The summed E-state index contributed by atoms with van der Waals surface area (Å²) in [6.45, 7) is 1.84. The lowest BCUT2D eigenvalue weighted by atomic mass is 10.0. The van der Waals surface area contributed by atoms with E-state index in [4.69, 9.17) is 4.74 Å². The van der Waals surface area contributed by atoms with Crippen molar-refractivity contribution in [2.24, 2.45) is 0 Å². The molecule has 166 valence electrons. The van der Waals surface area contributed by atoms with Gasteiger partial charge in [-0.1, -0.05) is 18.2 Å². The molecule has 2 atom stereocenters. The molecule has 1 fully saturated rings. The second-order valence-corrected chi connectivity index (χ2v) is 7.61. The summed E-state index contributed by atoms with van der Waals surface area (Å²) in [4.78, 5) is 19.2. The molecule has 1 aliphatic rings. The second kappa shape index (κ2) is 9.93. The maximum absolute atomic E-state index is 13.6. The Balaban J connectivity index is 1.52. The van der Waals surface area contributed by atoms with E-state index in [1.807, 2.05) is 11.0 Å². The summed E-state index contributed by atoms with van der Waals surface area (Å²) in [5, 5.41) is 2.92. The number of carbonyl (C=O) groups excluding carboxylic acids is 1. The number of rotatable bonds is 6. The number of aromatic nitrogens is 1. The fraction of sp³-hybridized carbons (Fsp3) is 0.250. The molecular weight excluding hydrogens is 419 g/mol. The minimum atomic E-state index is -0.888. The molecule has 0 bridgehead atoms. The molecule has 2 heterocycles. The van der Waals surface area contributed by atoms with Crippen LogP contribution in [-0.2, 0) is 11.3 Å². The van der Waals surface area contributed by atoms with Crippen LogP contribution >= 0.6 is 0 Å². The third kappa shape index (κ3) is 5.33. The van der Waals surface area contributed by atoms with Crippen molar-refractivity contribution >= 4 is 5.91 Å². The van der Waals surface area contributed by atoms with Gasteiger partial charge in [-0.2, -0.15) is 0 Å². The van der Waals surface area contributed by atoms with Crippen molar-refractivity contribution in [3.8, 4) is 0 Å². The maximum atomic E-state index is 13.6. The fourth-order valence-corrected chi connectivity index (χ4v) is 3.74. The van der Waals surface area contributed by atoms with Crippen LogP contribution in [0, 0.1) is 17.5 Å². The molecule has 1 aliphatic heterocycles. The van der Waals surface area contributed by atoms with Gasteiger partial charge in [-0.3, -0.25) is 14.7 Å². The molecule has 1 N–H and O–H groups in total. The predicted molar refractivity (Wildman–Crippen MR) is 112 cm³/mol. The van der Waals surface area contributed by atoms with Gasteiger partial charge in [0.1, 0.15) is 5.82 Å². The van der Waals surface area contributed by atoms with Crippen molar-refractivity contribution in [1.82, 2.24) is 15.2 Å². The van der Waals surface area contributed by atoms with Gasteiger partial charge in [-0.25, -0.2) is 13.2 Å². The van der Waals surface area contributed by atoms with E-state index >= 15 is 0 Å². The predicted octanol–water partition coefficient (Wildman–Crippen LogP) is 3.87. The van der Waals surface area contributed by atoms with Gasteiger partial charge in [0, 0.05) is 31.4 Å². The number of ether oxygens (including phenoxy) is 1. The lowest BCUT2D eigenvalue weighted by molar-refractivity contribution is -0.0492. The molecule has 0 radical (unpaired) electrons. The zero-order chi connectivity index (χ0) is 22.5. The number of pyridine rings is 1. The van der Waals surface area contributed by atoms with Crippen LogP contribution in [-0.4, -0.2) is 41.6 Å². The van der Waals surface area contributed by atoms with Gasteiger partial charge in [0.25, 0.3) is 5.91 Å². The Morgan fingerprint density at radius 2 is 1.97 bits per heavy atom. The first-order valence-electron chi connectivity index (χ1n) is 10.2. The first kappa shape index (κ1) is 22.0. The number of halogens is 3. The molecule has 0 spiro atoms. The van der Waals surface area contributed by atoms with Crippen molar-refractivity contribution in [3.63, 3.8) is 0 Å². The molecule has 1 saturated heterocycles. The molecule has 5 nitrogen and oxygen atoms in total. The summed E-state index contributed by atoms with van der Waals surface area (Å²) in [5.41, 5.74) is 1.44. The molecule has 32 heavy (non-hydrogen) atoms. The Kier molecular flexibility index (Phi) is 6.82. The Labute approximate surface area is 183 Å². The minimum Gasteiger partial charge on any atom is -0.373 e. The molecular formula is C24H22F3N3O2. The summed E-state index contributed by atoms with van der Waals surface area (Å²) in [7, 11) is 0. The van der Waals surface area contributed by atoms with Crippen LogP contribution in [0.15, 0.2) is 66.9 Å². The number of nitrogens with zero attached hydrogens (tertiary/aromatic N) is 2. The van der Waals surface area contributed by atoms with E-state index in [0.29, 0.717) is 37.5 Å². The zero-order valence-electron chi connectivity index (χ0n) is 17.2. The smallest absolute Gasteiger partial charge is 0.252 e. The van der Waals surface area contributed by atoms with Crippen molar-refractivity contribution in [1.29, 1.82) is 0 Å². The standard InChI is InChI=1S/C24H22F3N3O2/c25-18-5-3-4-17(13-18)24(31)29-23(21-6-1-2-9-28-21)22-15-30(10-11-32-22)14-16-7-8-19(26)20(27)12-16/h1-9,12-13,22-23H,10-11,14-15H2,(H,29,31). The van der Waals surface area contributed by atoms with E-state index in [2.05, 4.69) is 10.3 Å². The van der Waals surface area contributed by atoms with Gasteiger partial charge in [0.15, 0.2) is 11.6 Å². The number of amides is 1. The fourth-order valence-electron chi connectivity index (χ4n) is 3.74. The van der Waals surface area contributed by atoms with E-state index in [-0.39, 0.29) is 5.56 Å². The van der Waals surface area contributed by atoms with Crippen LogP contribution in [0.3, 0.4) is 0 Å². The van der Waals surface area contributed by atoms with Crippen molar-refractivity contribution in [3.05, 3.63) is 101 Å². The van der Waals surface area contributed by atoms with Gasteiger partial charge >= 0.3 is 0 Å². The number of carbonyl (C=O) groups is 1. The van der Waals surface area contributed by atoms with Gasteiger partial charge in [0.2, 0.25) is 0 Å². The Bertz CT molecular complexity index is 1080. The summed E-state index contributed by atoms with van der Waals surface area (Å²) >= 11 is 0. The first-order chi connectivity index (χ1) is 15.5. The van der Waals surface area contributed by atoms with E-state index in [0.717, 1.165) is 6.07 Å². The largest absolute Gasteiger partial charge is 0.373 e. The van der Waals surface area contributed by atoms with E-state index in [1.54, 1.807) is 24.4 Å². The molecule has 0 saturated carbocycles. The molecule has 1 aromatic heterocycles. The van der Waals surface area contributed by atoms with Crippen LogP contribution < -0.4 is 5.32 Å². The van der Waals surface area contributed by atoms with Crippen LogP contribution in [0.2, 0.25) is 0 Å². The molecule has 1 amide bonds. The van der Waals surface area contributed by atoms with Crippen molar-refractivity contribution in [2.75, 3.05) is 19.7 Å². The minimum absolute atomic E-state index is 0.195. The van der Waals surface area contributed by atoms with Crippen LogP contribution in [0.4, 0.5) is 13.2 Å². The van der Waals surface area contributed by atoms with Gasteiger partial charge < -0.3 is 10.1 Å². The molecule has 3 aromatic rings. The zero-order valence-corrected chi connectivity index (χ0v) is 17.2. The third-order valence-corrected chi connectivity index (χ3v) is 5.32. The monoisotopic (exact) mass is 441 g/mol. The quantitative estimate of drug-likeness (QED) is 0.631. The number of nitrogens with one attached hydrogen (secondary N) is 1. The van der Waals surface area contributed by atoms with E-state index < -0.39 is 35.5 Å². The first-order valence-corrected chi connectivity index (χ1v) is 10.2. The Morgan fingerprint density at radius 3 is 2.72 bits per heavy atom. The van der Waals surface area contributed by atoms with E-state index in [1.165, 1.54) is 30.3 Å². The highest BCUT2D eigenvalue weighted by Gasteiger charge is 2.32. The van der Waals surface area contributed by atoms with Crippen LogP contribution in [0.5, 0.6) is 0 Å². The highest BCUT2D eigenvalue weighted by molar-refractivity contribution is 5.94. The Hall–Kier alpha value is -3.23. The van der Waals surface area contributed by atoms with Crippen LogP contribution in [0.25, 0.3) is 0 Å². The van der Waals surface area contributed by atoms with Gasteiger partial charge in [-0.15, -0.1) is 0 Å². The van der Waals surface area contributed by atoms with E-state index in [9.17, 15) is 18.0 Å². The third-order valence-electron chi connectivity index (χ3n) is 5.32. The summed E-state index contributed by atoms with van der Waals surface area (Å²) in [6.07, 6.45) is 1.18. The molecule has 8 heteroatoms. The summed E-state index contributed by atoms with van der Waals surface area (Å²) < 4.78 is 46.4. The second-order valence-electron chi connectivity index (χ2n) is 7.61. The van der Waals surface area contributed by atoms with Crippen LogP contribution in [0.1, 0.15) is 27.7 Å². The summed E-state index contributed by atoms with van der Waals surface area (Å²) in [6, 6.07) is 14.1. The lowest BCUT2D eigenvalue weighted by Crippen LogP contribution is -2.49. The maximum Gasteiger partial charge on any atom is 0.252 e. The molecule has 4 rings (SSSR count). The number of morpholine rings is 1. The topological polar surface area (TPSA) is 54.5 Å². The molecule has 0 aliphatic carbocycles. The number of hydrogen-bond donors (Lipinski definition) is 1. The van der Waals surface area contributed by atoms with Crippen molar-refractivity contribution in [2.45, 2.75) is 18.7 Å². The normalized spacial score (nSPS) is 17.7. The molecule has 2 unspecified atom stereocenters. The summed E-state index contributed by atoms with van der Waals surface area (Å²) in [5.74, 6) is -2.72. The highest BCUT2D eigenvalue weighted by Crippen LogP contribution is 2.23. The number of benzene rings is 2. The Morgan fingerprint density at radius 1 is 1.09 bits per heavy atom.